The van der Waals surface area contributed by atoms with E-state index in [1.807, 2.05) is 55.6 Å². The van der Waals surface area contributed by atoms with E-state index >= 15 is 0 Å². The van der Waals surface area contributed by atoms with Crippen LogP contribution in [0.4, 0.5) is 0 Å². The largest absolute Gasteiger partial charge is 0.497 e. The van der Waals surface area contributed by atoms with E-state index in [4.69, 9.17) is 4.74 Å². The Morgan fingerprint density at radius 2 is 2.12 bits per heavy atom. The van der Waals surface area contributed by atoms with Crippen LogP contribution in [0.2, 0.25) is 0 Å². The van der Waals surface area contributed by atoms with Crippen molar-refractivity contribution < 1.29 is 9.53 Å². The van der Waals surface area contributed by atoms with Gasteiger partial charge in [0.25, 0.3) is 5.91 Å². The normalized spacial score (nSPS) is 10.4. The molecule has 0 aliphatic rings. The first-order valence-corrected chi connectivity index (χ1v) is 7.68. The number of methoxy groups -OCH3 is 1. The van der Waals surface area contributed by atoms with E-state index in [2.05, 4.69) is 15.5 Å². The lowest BCUT2D eigenvalue weighted by Gasteiger charge is -2.09. The molecular weight excluding hydrogens is 302 g/mol. The molecule has 5 heteroatoms. The van der Waals surface area contributed by atoms with Crippen LogP contribution in [0.5, 0.6) is 5.75 Å². The predicted octanol–water partition coefficient (Wildman–Crippen LogP) is 3.32. The molecule has 2 aromatic carbocycles. The summed E-state index contributed by atoms with van der Waals surface area (Å²) in [5.74, 6) is 0.682. The van der Waals surface area contributed by atoms with Gasteiger partial charge in [0.05, 0.1) is 13.3 Å². The van der Waals surface area contributed by atoms with Crippen LogP contribution in [-0.2, 0) is 6.54 Å². The first-order chi connectivity index (χ1) is 11.7. The molecule has 1 aromatic heterocycles. The summed E-state index contributed by atoms with van der Waals surface area (Å²) in [5, 5.41) is 9.70. The Balaban J connectivity index is 1.70. The maximum Gasteiger partial charge on any atom is 0.251 e. The summed E-state index contributed by atoms with van der Waals surface area (Å²) in [6.07, 6.45) is 3.61. The van der Waals surface area contributed by atoms with Crippen LogP contribution in [-0.4, -0.2) is 23.2 Å². The van der Waals surface area contributed by atoms with E-state index in [9.17, 15) is 4.79 Å². The van der Waals surface area contributed by atoms with Crippen molar-refractivity contribution in [2.24, 2.45) is 0 Å². The molecule has 5 nitrogen and oxygen atoms in total. The summed E-state index contributed by atoms with van der Waals surface area (Å²) in [5.41, 5.74) is 4.74. The number of aromatic amines is 1. The molecule has 1 amide bonds. The zero-order valence-corrected chi connectivity index (χ0v) is 13.7. The molecular formula is C19H19N3O2. The van der Waals surface area contributed by atoms with Gasteiger partial charge in [-0.2, -0.15) is 5.10 Å². The summed E-state index contributed by atoms with van der Waals surface area (Å²) < 4.78 is 5.19. The van der Waals surface area contributed by atoms with E-state index < -0.39 is 0 Å². The van der Waals surface area contributed by atoms with Gasteiger partial charge >= 0.3 is 0 Å². The topological polar surface area (TPSA) is 67.0 Å². The number of H-pyrrole nitrogens is 1. The van der Waals surface area contributed by atoms with Gasteiger partial charge in [-0.3, -0.25) is 9.89 Å². The Labute approximate surface area is 140 Å². The monoisotopic (exact) mass is 321 g/mol. The lowest BCUT2D eigenvalue weighted by atomic mass is 10.0. The van der Waals surface area contributed by atoms with Crippen molar-refractivity contribution in [3.05, 3.63) is 71.5 Å². The van der Waals surface area contributed by atoms with Gasteiger partial charge in [-0.15, -0.1) is 0 Å². The van der Waals surface area contributed by atoms with E-state index in [0.29, 0.717) is 12.1 Å². The van der Waals surface area contributed by atoms with Gasteiger partial charge < -0.3 is 10.1 Å². The number of nitrogens with zero attached hydrogens (tertiary/aromatic N) is 1. The summed E-state index contributed by atoms with van der Waals surface area (Å²) in [4.78, 5) is 12.4. The molecule has 24 heavy (non-hydrogen) atoms. The molecule has 1 heterocycles. The molecule has 0 fully saturated rings. The fraction of sp³-hybridized carbons (Fsp3) is 0.158. The molecule has 0 aliphatic heterocycles. The smallest absolute Gasteiger partial charge is 0.251 e. The number of hydrogen-bond donors (Lipinski definition) is 2. The minimum atomic E-state index is -0.0975. The molecule has 2 N–H and O–H groups in total. The number of nitrogens with one attached hydrogen (secondary N) is 2. The fourth-order valence-electron chi connectivity index (χ4n) is 2.59. The molecule has 0 unspecified atom stereocenters. The van der Waals surface area contributed by atoms with E-state index in [-0.39, 0.29) is 5.91 Å². The van der Waals surface area contributed by atoms with Gasteiger partial charge in [-0.05, 0) is 47.9 Å². The van der Waals surface area contributed by atoms with E-state index in [0.717, 1.165) is 28.0 Å². The first-order valence-electron chi connectivity index (χ1n) is 7.68. The van der Waals surface area contributed by atoms with Gasteiger partial charge in [0.1, 0.15) is 5.75 Å². The molecule has 0 radical (unpaired) electrons. The van der Waals surface area contributed by atoms with Gasteiger partial charge in [0, 0.05) is 23.9 Å². The molecule has 0 atom stereocenters. The molecule has 0 saturated heterocycles. The molecule has 0 bridgehead atoms. The number of hydrogen-bond acceptors (Lipinski definition) is 3. The third-order valence-electron chi connectivity index (χ3n) is 3.89. The van der Waals surface area contributed by atoms with Gasteiger partial charge in [-0.25, -0.2) is 0 Å². The van der Waals surface area contributed by atoms with Crippen molar-refractivity contribution in [1.29, 1.82) is 0 Å². The molecule has 0 saturated carbocycles. The minimum Gasteiger partial charge on any atom is -0.497 e. The second-order valence-electron chi connectivity index (χ2n) is 5.55. The summed E-state index contributed by atoms with van der Waals surface area (Å²) in [6, 6.07) is 13.3. The zero-order chi connectivity index (χ0) is 16.9. The lowest BCUT2D eigenvalue weighted by molar-refractivity contribution is 0.0951. The van der Waals surface area contributed by atoms with Crippen LogP contribution in [0.15, 0.2) is 54.9 Å². The van der Waals surface area contributed by atoms with Crippen LogP contribution in [0.25, 0.3) is 11.1 Å². The van der Waals surface area contributed by atoms with Crippen LogP contribution in [0.1, 0.15) is 21.5 Å². The average Bonchev–Trinajstić information content (AvgIpc) is 3.14. The Morgan fingerprint density at radius 1 is 1.25 bits per heavy atom. The summed E-state index contributed by atoms with van der Waals surface area (Å²) in [6.45, 7) is 2.44. The van der Waals surface area contributed by atoms with E-state index in [1.54, 1.807) is 13.3 Å². The Morgan fingerprint density at radius 3 is 2.83 bits per heavy atom. The number of benzene rings is 2. The zero-order valence-electron chi connectivity index (χ0n) is 13.7. The Hall–Kier alpha value is -3.08. The quantitative estimate of drug-likeness (QED) is 0.757. The third kappa shape index (κ3) is 3.46. The van der Waals surface area contributed by atoms with Crippen LogP contribution in [0.3, 0.4) is 0 Å². The highest BCUT2D eigenvalue weighted by molar-refractivity contribution is 5.95. The fourth-order valence-corrected chi connectivity index (χ4v) is 2.59. The van der Waals surface area contributed by atoms with Crippen molar-refractivity contribution in [3.63, 3.8) is 0 Å². The number of carbonyl (C=O) groups excluding carboxylic acids is 1. The van der Waals surface area contributed by atoms with Crippen molar-refractivity contribution in [1.82, 2.24) is 15.5 Å². The van der Waals surface area contributed by atoms with Gasteiger partial charge in [0.15, 0.2) is 0 Å². The predicted molar refractivity (Wildman–Crippen MR) is 92.9 cm³/mol. The molecule has 0 aliphatic carbocycles. The first kappa shape index (κ1) is 15.8. The SMILES string of the molecule is COc1cccc(CNC(=O)c2ccc(-c3cn[nH]c3)c(C)c2)c1. The number of amides is 1. The van der Waals surface area contributed by atoms with Crippen molar-refractivity contribution in [2.75, 3.05) is 7.11 Å². The van der Waals surface area contributed by atoms with Crippen molar-refractivity contribution in [3.8, 4) is 16.9 Å². The maximum atomic E-state index is 12.4. The van der Waals surface area contributed by atoms with Crippen molar-refractivity contribution >= 4 is 5.91 Å². The minimum absolute atomic E-state index is 0.0975. The van der Waals surface area contributed by atoms with Gasteiger partial charge in [0.2, 0.25) is 0 Å². The second kappa shape index (κ2) is 7.00. The second-order valence-corrected chi connectivity index (χ2v) is 5.55. The number of aryl methyl sites for hydroxylation is 1. The lowest BCUT2D eigenvalue weighted by Crippen LogP contribution is -2.22. The number of ether oxygens (including phenoxy) is 1. The molecule has 0 spiro atoms. The number of aromatic nitrogens is 2. The Kier molecular flexibility index (Phi) is 4.61. The van der Waals surface area contributed by atoms with Crippen LogP contribution >= 0.6 is 0 Å². The average molecular weight is 321 g/mol. The van der Waals surface area contributed by atoms with Crippen molar-refractivity contribution in [2.45, 2.75) is 13.5 Å². The molecule has 122 valence electrons. The number of rotatable bonds is 5. The van der Waals surface area contributed by atoms with Gasteiger partial charge in [-0.1, -0.05) is 18.2 Å². The standard InChI is InChI=1S/C19H19N3O2/c1-13-8-15(6-7-18(13)16-11-21-22-12-16)19(23)20-10-14-4-3-5-17(9-14)24-2/h3-9,11-12H,10H2,1-2H3,(H,20,23)(H,21,22). The van der Waals surface area contributed by atoms with E-state index in [1.165, 1.54) is 0 Å². The molecule has 3 aromatic rings. The highest BCUT2D eigenvalue weighted by atomic mass is 16.5. The number of carbonyl (C=O) groups is 1. The summed E-state index contributed by atoms with van der Waals surface area (Å²) in [7, 11) is 1.63. The summed E-state index contributed by atoms with van der Waals surface area (Å²) >= 11 is 0. The molecule has 3 rings (SSSR count). The third-order valence-corrected chi connectivity index (χ3v) is 3.89. The van der Waals surface area contributed by atoms with Crippen LogP contribution in [0, 0.1) is 6.92 Å². The highest BCUT2D eigenvalue weighted by Crippen LogP contribution is 2.23. The highest BCUT2D eigenvalue weighted by Gasteiger charge is 2.09. The Bertz CT molecular complexity index is 842. The van der Waals surface area contributed by atoms with Crippen LogP contribution < -0.4 is 10.1 Å². The maximum absolute atomic E-state index is 12.4.